The molecule has 0 aromatic carbocycles. The second-order valence-electron chi connectivity index (χ2n) is 13.0. The molecule has 2 aromatic heterocycles. The highest BCUT2D eigenvalue weighted by Crippen LogP contribution is 2.43. The Morgan fingerprint density at radius 2 is 1.91 bits per heavy atom. The van der Waals surface area contributed by atoms with Crippen LogP contribution in [0.4, 0.5) is 5.82 Å². The third kappa shape index (κ3) is 7.14. The molecule has 0 N–H and O–H groups in total. The number of anilines is 1. The van der Waals surface area contributed by atoms with Gasteiger partial charge in [-0.15, -0.1) is 0 Å². The molecule has 0 spiro atoms. The highest BCUT2D eigenvalue weighted by Gasteiger charge is 2.47. The lowest BCUT2D eigenvalue weighted by Crippen LogP contribution is -2.43. The summed E-state index contributed by atoms with van der Waals surface area (Å²) in [5.74, 6) is 2.04. The molecule has 252 valence electrons. The molecule has 3 atom stereocenters. The fourth-order valence-electron chi connectivity index (χ4n) is 7.58. The summed E-state index contributed by atoms with van der Waals surface area (Å²) < 4.78 is 6.55. The van der Waals surface area contributed by atoms with Crippen LogP contribution in [0, 0.1) is 18.8 Å². The first-order valence-corrected chi connectivity index (χ1v) is 17.6. The summed E-state index contributed by atoms with van der Waals surface area (Å²) >= 11 is 0. The summed E-state index contributed by atoms with van der Waals surface area (Å²) in [7, 11) is 3.87. The Bertz CT molecular complexity index is 1450. The number of hydrogen-bond donors (Lipinski definition) is 0. The smallest absolute Gasteiger partial charge is 0.319 e. The van der Waals surface area contributed by atoms with Crippen molar-refractivity contribution in [1.29, 1.82) is 0 Å². The van der Waals surface area contributed by atoms with Gasteiger partial charge in [-0.1, -0.05) is 46.8 Å². The van der Waals surface area contributed by atoms with Crippen molar-refractivity contribution in [3.05, 3.63) is 35.7 Å². The summed E-state index contributed by atoms with van der Waals surface area (Å²) in [5.41, 5.74) is 5.29. The van der Waals surface area contributed by atoms with Gasteiger partial charge in [-0.3, -0.25) is 19.7 Å². The molecular formula is C37H57N7O2. The van der Waals surface area contributed by atoms with Crippen molar-refractivity contribution in [2.45, 2.75) is 98.6 Å². The zero-order valence-corrected chi connectivity index (χ0v) is 29.9. The van der Waals surface area contributed by atoms with Gasteiger partial charge in [0.25, 0.3) is 0 Å². The van der Waals surface area contributed by atoms with Crippen molar-refractivity contribution < 1.29 is 9.53 Å². The first-order chi connectivity index (χ1) is 22.2. The molecule has 9 nitrogen and oxygen atoms in total. The number of amides is 1. The Kier molecular flexibility index (Phi) is 12.0. The summed E-state index contributed by atoms with van der Waals surface area (Å²) in [6, 6.07) is 0.537. The number of aliphatic imine (C=N–C) groups is 1. The molecule has 2 aromatic rings. The highest BCUT2D eigenvalue weighted by atomic mass is 16.5. The molecule has 4 aliphatic rings. The van der Waals surface area contributed by atoms with E-state index in [2.05, 4.69) is 49.2 Å². The van der Waals surface area contributed by atoms with E-state index < -0.39 is 0 Å². The minimum absolute atomic E-state index is 0.0290. The van der Waals surface area contributed by atoms with Crippen LogP contribution in [0.2, 0.25) is 0 Å². The van der Waals surface area contributed by atoms with Crippen molar-refractivity contribution in [3.63, 3.8) is 0 Å². The van der Waals surface area contributed by atoms with Gasteiger partial charge in [-0.25, -0.2) is 0 Å². The van der Waals surface area contributed by atoms with E-state index in [1.54, 1.807) is 0 Å². The number of ether oxygens (including phenoxy) is 1. The first kappa shape index (κ1) is 35.5. The van der Waals surface area contributed by atoms with Crippen molar-refractivity contribution in [2.24, 2.45) is 16.8 Å². The third-order valence-electron chi connectivity index (χ3n) is 10.1. The van der Waals surface area contributed by atoms with Crippen molar-refractivity contribution in [3.8, 4) is 6.01 Å². The lowest BCUT2D eigenvalue weighted by Gasteiger charge is -2.31. The number of carbonyl (C=O) groups is 1. The molecule has 4 fully saturated rings. The van der Waals surface area contributed by atoms with Gasteiger partial charge < -0.3 is 14.5 Å². The van der Waals surface area contributed by atoms with E-state index in [0.717, 1.165) is 65.9 Å². The van der Waals surface area contributed by atoms with Crippen LogP contribution in [0.5, 0.6) is 6.01 Å². The number of aryl methyl sites for hydroxylation is 1. The number of likely N-dealkylation sites (N-methyl/N-ethyl adjacent to an activating group) is 1. The standard InChI is InChI=1S/C33H45N7O2.2C2H6/c1-7-28(41)39-14-11-25(19-39)38(6)31-27-17-35-29(26(16-34-5)22(3)24-9-10-24)23(4)30(27)36-32(37-31)42-20-33-12-8-13-40(33)18-21(2)15-33;2*1-2/h7,16-17,21,24-25H,1,8-15,18-20H2,2-6H3;2*1-2H3/b26-22-,34-16?;;. The maximum absolute atomic E-state index is 12.3. The van der Waals surface area contributed by atoms with Crippen LogP contribution in [0.15, 0.2) is 29.4 Å². The molecule has 3 aliphatic heterocycles. The molecule has 1 amide bonds. The topological polar surface area (TPSA) is 87.0 Å². The Morgan fingerprint density at radius 1 is 1.17 bits per heavy atom. The number of rotatable bonds is 9. The molecule has 5 heterocycles. The summed E-state index contributed by atoms with van der Waals surface area (Å²) in [4.78, 5) is 38.4. The van der Waals surface area contributed by atoms with Crippen LogP contribution in [-0.4, -0.2) is 95.3 Å². The maximum Gasteiger partial charge on any atom is 0.319 e. The van der Waals surface area contributed by atoms with Gasteiger partial charge >= 0.3 is 6.01 Å². The van der Waals surface area contributed by atoms with Crippen LogP contribution >= 0.6 is 0 Å². The Balaban J connectivity index is 0.00000116. The van der Waals surface area contributed by atoms with E-state index in [4.69, 9.17) is 19.7 Å². The quantitative estimate of drug-likeness (QED) is 0.224. The van der Waals surface area contributed by atoms with Crippen LogP contribution in [0.1, 0.15) is 91.3 Å². The van der Waals surface area contributed by atoms with Crippen molar-refractivity contribution in [1.82, 2.24) is 24.8 Å². The van der Waals surface area contributed by atoms with Crippen molar-refractivity contribution in [2.75, 3.05) is 51.8 Å². The number of pyridine rings is 1. The van der Waals surface area contributed by atoms with E-state index in [1.165, 1.54) is 30.9 Å². The predicted molar refractivity (Wildman–Crippen MR) is 191 cm³/mol. The van der Waals surface area contributed by atoms with E-state index >= 15 is 0 Å². The molecule has 0 radical (unpaired) electrons. The van der Waals surface area contributed by atoms with E-state index in [0.29, 0.717) is 37.5 Å². The monoisotopic (exact) mass is 631 g/mol. The van der Waals surface area contributed by atoms with Crippen LogP contribution in [0.3, 0.4) is 0 Å². The molecule has 3 saturated heterocycles. The van der Waals surface area contributed by atoms with E-state index in [9.17, 15) is 4.79 Å². The third-order valence-corrected chi connectivity index (χ3v) is 10.1. The van der Waals surface area contributed by atoms with E-state index in [1.807, 2.05) is 52.1 Å². The number of fused-ring (bicyclic) bond motifs is 2. The average molecular weight is 632 g/mol. The summed E-state index contributed by atoms with van der Waals surface area (Å²) in [6.45, 7) is 22.5. The number of carbonyl (C=O) groups excluding carboxylic acids is 1. The second-order valence-corrected chi connectivity index (χ2v) is 13.0. The number of likely N-dealkylation sites (tertiary alicyclic amines) is 1. The number of nitrogens with zero attached hydrogens (tertiary/aromatic N) is 7. The minimum atomic E-state index is -0.0290. The van der Waals surface area contributed by atoms with Gasteiger partial charge in [0, 0.05) is 63.3 Å². The highest BCUT2D eigenvalue weighted by molar-refractivity contribution is 6.12. The molecule has 46 heavy (non-hydrogen) atoms. The van der Waals surface area contributed by atoms with Crippen LogP contribution in [-0.2, 0) is 4.79 Å². The molecule has 1 aliphatic carbocycles. The summed E-state index contributed by atoms with van der Waals surface area (Å²) in [6.07, 6.45) is 12.1. The minimum Gasteiger partial charge on any atom is -0.461 e. The Morgan fingerprint density at radius 3 is 2.59 bits per heavy atom. The largest absolute Gasteiger partial charge is 0.461 e. The lowest BCUT2D eigenvalue weighted by molar-refractivity contribution is -0.125. The molecule has 3 unspecified atom stereocenters. The van der Waals surface area contributed by atoms with Gasteiger partial charge in [0.05, 0.1) is 22.1 Å². The second kappa shape index (κ2) is 15.5. The fourth-order valence-corrected chi connectivity index (χ4v) is 7.58. The average Bonchev–Trinajstić information content (AvgIpc) is 3.55. The maximum atomic E-state index is 12.3. The fraction of sp³-hybridized carbons (Fsp3) is 0.649. The number of allylic oxidation sites excluding steroid dienone is 2. The zero-order chi connectivity index (χ0) is 33.6. The van der Waals surface area contributed by atoms with Crippen LogP contribution < -0.4 is 9.64 Å². The number of aromatic nitrogens is 3. The van der Waals surface area contributed by atoms with Crippen molar-refractivity contribution >= 4 is 34.4 Å². The molecule has 1 saturated carbocycles. The molecule has 0 bridgehead atoms. The number of hydrogen-bond acceptors (Lipinski definition) is 8. The van der Waals surface area contributed by atoms with Crippen LogP contribution in [0.25, 0.3) is 16.5 Å². The first-order valence-electron chi connectivity index (χ1n) is 17.6. The molecule has 9 heteroatoms. The molecular weight excluding hydrogens is 574 g/mol. The van der Waals surface area contributed by atoms with Gasteiger partial charge in [0.15, 0.2) is 0 Å². The Labute approximate surface area is 277 Å². The SMILES string of the molecule is C=CC(=O)N1CCC(N(C)c2nc(OCC34CCCN3CC(C)C4)nc3c(C)c(/C(C=NC)=C(/C)C4CC4)ncc23)C1.CC.CC. The molecule has 6 rings (SSSR count). The summed E-state index contributed by atoms with van der Waals surface area (Å²) in [5, 5.41) is 0.895. The normalized spacial score (nSPS) is 24.6. The Hall–Kier alpha value is -3.33. The van der Waals surface area contributed by atoms with Gasteiger partial charge in [-0.05, 0) is 76.8 Å². The van der Waals surface area contributed by atoms with Gasteiger partial charge in [0.2, 0.25) is 5.91 Å². The van der Waals surface area contributed by atoms with Gasteiger partial charge in [0.1, 0.15) is 12.4 Å². The zero-order valence-electron chi connectivity index (χ0n) is 29.9. The predicted octanol–water partition coefficient (Wildman–Crippen LogP) is 6.75. The van der Waals surface area contributed by atoms with Gasteiger partial charge in [-0.2, -0.15) is 9.97 Å². The lowest BCUT2D eigenvalue weighted by atomic mass is 9.92. The van der Waals surface area contributed by atoms with E-state index in [-0.39, 0.29) is 17.5 Å².